The minimum atomic E-state index is -1.44. The van der Waals surface area contributed by atoms with Crippen molar-refractivity contribution in [2.45, 2.75) is 87.8 Å². The van der Waals surface area contributed by atoms with E-state index < -0.39 is 73.4 Å². The molecule has 4 aromatic rings. The van der Waals surface area contributed by atoms with Gasteiger partial charge in [-0.15, -0.1) is 6.58 Å². The number of rotatable bonds is 20. The van der Waals surface area contributed by atoms with E-state index in [-0.39, 0.29) is 33.0 Å². The number of methoxy groups -OCH3 is 3. The van der Waals surface area contributed by atoms with Gasteiger partial charge in [0.05, 0.1) is 47.3 Å². The maximum atomic E-state index is 13.8. The zero-order chi connectivity index (χ0) is 41.4. The first-order valence-corrected chi connectivity index (χ1v) is 19.4. The monoisotopic (exact) mass is 812 g/mol. The summed E-state index contributed by atoms with van der Waals surface area (Å²) in [5.41, 5.74) is 3.44. The normalized spacial score (nSPS) is 26.8. The molecule has 13 nitrogen and oxygen atoms in total. The number of esters is 2. The molecular weight excluding hydrogens is 760 g/mol. The molecule has 0 N–H and O–H groups in total. The van der Waals surface area contributed by atoms with Crippen LogP contribution in [0.25, 0.3) is 0 Å². The Bertz CT molecular complexity index is 1850. The maximum Gasteiger partial charge on any atom is 0.337 e. The Morgan fingerprint density at radius 3 is 1.24 bits per heavy atom. The molecule has 0 aliphatic carbocycles. The van der Waals surface area contributed by atoms with Crippen LogP contribution in [0.1, 0.15) is 22.3 Å². The Balaban J connectivity index is 1.42. The van der Waals surface area contributed by atoms with Gasteiger partial charge in [0.25, 0.3) is 0 Å². The molecule has 314 valence electrons. The Kier molecular flexibility index (Phi) is 16.7. The van der Waals surface area contributed by atoms with E-state index in [1.54, 1.807) is 6.08 Å². The van der Waals surface area contributed by atoms with E-state index in [9.17, 15) is 9.59 Å². The Morgan fingerprint density at radius 2 is 0.847 bits per heavy atom. The summed E-state index contributed by atoms with van der Waals surface area (Å²) in [6.45, 7) is 4.34. The van der Waals surface area contributed by atoms with E-state index in [0.717, 1.165) is 22.3 Å². The zero-order valence-corrected chi connectivity index (χ0v) is 33.4. The third-order valence-corrected chi connectivity index (χ3v) is 9.94. The van der Waals surface area contributed by atoms with Gasteiger partial charge in [-0.3, -0.25) is 0 Å². The van der Waals surface area contributed by atoms with Crippen LogP contribution in [0.15, 0.2) is 134 Å². The molecular formula is C46H52O13. The number of hydrogen-bond acceptors (Lipinski definition) is 13. The molecule has 0 radical (unpaired) electrons. The zero-order valence-electron chi connectivity index (χ0n) is 33.4. The Labute approximate surface area is 345 Å². The van der Waals surface area contributed by atoms with Crippen molar-refractivity contribution in [1.29, 1.82) is 0 Å². The fraction of sp³-hybridized carbons (Fsp3) is 0.391. The van der Waals surface area contributed by atoms with Gasteiger partial charge in [0.2, 0.25) is 0 Å². The van der Waals surface area contributed by atoms with Crippen LogP contribution in [-0.2, 0) is 88.1 Å². The van der Waals surface area contributed by atoms with Gasteiger partial charge in [0, 0.05) is 7.11 Å². The van der Waals surface area contributed by atoms with Crippen molar-refractivity contribution in [3.63, 3.8) is 0 Å². The molecule has 13 heteroatoms. The van der Waals surface area contributed by atoms with E-state index in [4.69, 9.17) is 52.1 Å². The van der Waals surface area contributed by atoms with Gasteiger partial charge in [-0.25, -0.2) is 9.59 Å². The molecule has 2 aliphatic heterocycles. The predicted octanol–water partition coefficient (Wildman–Crippen LogP) is 5.73. The quantitative estimate of drug-likeness (QED) is 0.0796. The number of benzene rings is 4. The van der Waals surface area contributed by atoms with Crippen LogP contribution in [0.5, 0.6) is 0 Å². The first-order valence-electron chi connectivity index (χ1n) is 19.4. The van der Waals surface area contributed by atoms with Gasteiger partial charge in [0.15, 0.2) is 24.8 Å². The minimum Gasteiger partial charge on any atom is -0.467 e. The highest BCUT2D eigenvalue weighted by atomic mass is 16.8. The fourth-order valence-electron chi connectivity index (χ4n) is 7.00. The van der Waals surface area contributed by atoms with Crippen molar-refractivity contribution in [2.24, 2.45) is 0 Å². The molecule has 0 spiro atoms. The summed E-state index contributed by atoms with van der Waals surface area (Å²) in [5.74, 6) is -1.51. The SMILES string of the molecule is C=CCO[C@H]1O[C@H](C(=O)OC)[C@H](O[C@@H]2O[C@H](C(=O)OC)[C@H](OC)[C@H](OCc3ccccc3)[C@H]2OCc2ccccc2)[C@H](OCc2ccccc2)[C@H]1OCc1ccccc1. The largest absolute Gasteiger partial charge is 0.467 e. The highest BCUT2D eigenvalue weighted by Crippen LogP contribution is 2.36. The topological polar surface area (TPSA) is 136 Å². The van der Waals surface area contributed by atoms with E-state index in [1.165, 1.54) is 21.3 Å². The average Bonchev–Trinajstić information content (AvgIpc) is 3.29. The first-order chi connectivity index (χ1) is 28.9. The molecule has 59 heavy (non-hydrogen) atoms. The highest BCUT2D eigenvalue weighted by molar-refractivity contribution is 5.76. The molecule has 0 bridgehead atoms. The molecule has 0 amide bonds. The lowest BCUT2D eigenvalue weighted by Crippen LogP contribution is -2.67. The summed E-state index contributed by atoms with van der Waals surface area (Å²) in [7, 11) is 3.94. The molecule has 0 aromatic heterocycles. The molecule has 2 saturated heterocycles. The molecule has 0 unspecified atom stereocenters. The molecule has 2 heterocycles. The predicted molar refractivity (Wildman–Crippen MR) is 213 cm³/mol. The lowest BCUT2D eigenvalue weighted by atomic mass is 9.95. The third-order valence-electron chi connectivity index (χ3n) is 9.94. The van der Waals surface area contributed by atoms with Crippen molar-refractivity contribution >= 4 is 11.9 Å². The molecule has 10 atom stereocenters. The summed E-state index contributed by atoms with van der Waals surface area (Å²) in [4.78, 5) is 27.3. The van der Waals surface area contributed by atoms with Gasteiger partial charge in [0.1, 0.15) is 36.6 Å². The van der Waals surface area contributed by atoms with Crippen LogP contribution >= 0.6 is 0 Å². The Morgan fingerprint density at radius 1 is 0.492 bits per heavy atom. The van der Waals surface area contributed by atoms with Crippen molar-refractivity contribution in [3.05, 3.63) is 156 Å². The van der Waals surface area contributed by atoms with E-state index >= 15 is 0 Å². The lowest BCUT2D eigenvalue weighted by molar-refractivity contribution is -0.366. The van der Waals surface area contributed by atoms with Gasteiger partial charge < -0.3 is 52.1 Å². The highest BCUT2D eigenvalue weighted by Gasteiger charge is 2.57. The fourth-order valence-corrected chi connectivity index (χ4v) is 7.00. The van der Waals surface area contributed by atoms with Crippen molar-refractivity contribution in [3.8, 4) is 0 Å². The van der Waals surface area contributed by atoms with Crippen LogP contribution < -0.4 is 0 Å². The van der Waals surface area contributed by atoms with E-state index in [2.05, 4.69) is 6.58 Å². The minimum absolute atomic E-state index is 0.0709. The maximum absolute atomic E-state index is 13.8. The smallest absolute Gasteiger partial charge is 0.337 e. The van der Waals surface area contributed by atoms with Crippen LogP contribution in [0.3, 0.4) is 0 Å². The number of carbonyl (C=O) groups excluding carboxylic acids is 2. The Hall–Kier alpha value is -4.80. The van der Waals surface area contributed by atoms with Crippen molar-refractivity contribution in [1.82, 2.24) is 0 Å². The van der Waals surface area contributed by atoms with Gasteiger partial charge in [-0.1, -0.05) is 127 Å². The summed E-state index contributed by atoms with van der Waals surface area (Å²) >= 11 is 0. The van der Waals surface area contributed by atoms with Crippen LogP contribution in [0.4, 0.5) is 0 Å². The number of carbonyl (C=O) groups is 2. The average molecular weight is 813 g/mol. The first kappa shape index (κ1) is 43.8. The molecule has 2 aliphatic rings. The number of hydrogen-bond donors (Lipinski definition) is 0. The molecule has 0 saturated carbocycles. The second kappa shape index (κ2) is 22.5. The van der Waals surface area contributed by atoms with E-state index in [1.807, 2.05) is 121 Å². The summed E-state index contributed by atoms with van der Waals surface area (Å²) < 4.78 is 68.8. The van der Waals surface area contributed by atoms with Crippen molar-refractivity contribution < 1.29 is 61.7 Å². The summed E-state index contributed by atoms with van der Waals surface area (Å²) in [5, 5.41) is 0. The summed E-state index contributed by atoms with van der Waals surface area (Å²) in [6.07, 6.45) is -10.1. The van der Waals surface area contributed by atoms with Gasteiger partial charge >= 0.3 is 11.9 Å². The standard InChI is InChI=1S/C46H52O13/c1-5-26-52-45-41(55-29-33-22-14-8-15-23-33)37(54-28-32-20-12-7-13-21-32)38(40(58-45)44(48)51-4)57-46-42(56-30-34-24-16-9-17-25-34)36(53-27-31-18-10-6-11-19-31)35(49-2)39(59-46)43(47)50-3/h5-25,35-42,45-46H,1,26-30H2,2-4H3/t35-,36+,37+,38-,39+,40+,41-,42-,45+,46-/m1/s1. The van der Waals surface area contributed by atoms with Gasteiger partial charge in [-0.05, 0) is 22.3 Å². The second-order valence-electron chi connectivity index (χ2n) is 13.9. The lowest BCUT2D eigenvalue weighted by Gasteiger charge is -2.49. The molecule has 2 fully saturated rings. The van der Waals surface area contributed by atoms with E-state index in [0.29, 0.717) is 0 Å². The van der Waals surface area contributed by atoms with Crippen LogP contribution in [0.2, 0.25) is 0 Å². The van der Waals surface area contributed by atoms with Crippen LogP contribution in [0, 0.1) is 0 Å². The summed E-state index contributed by atoms with van der Waals surface area (Å²) in [6, 6.07) is 38.2. The second-order valence-corrected chi connectivity index (χ2v) is 13.9. The number of ether oxygens (including phenoxy) is 11. The van der Waals surface area contributed by atoms with Gasteiger partial charge in [-0.2, -0.15) is 0 Å². The third kappa shape index (κ3) is 11.7. The molecule has 6 rings (SSSR count). The van der Waals surface area contributed by atoms with Crippen molar-refractivity contribution in [2.75, 3.05) is 27.9 Å². The molecule has 4 aromatic carbocycles. The van der Waals surface area contributed by atoms with Crippen LogP contribution in [-0.4, -0.2) is 101 Å².